The number of hydrogen-bond acceptors (Lipinski definition) is 3. The van der Waals surface area contributed by atoms with Crippen molar-refractivity contribution < 1.29 is 14.3 Å². The third-order valence-corrected chi connectivity index (χ3v) is 5.15. The SMILES string of the molecule is C=CCOc1cccc2c1cc(C(=O)N[C@@H](C)CC)n2C[C@H]1CCCCO1. The summed E-state index contributed by atoms with van der Waals surface area (Å²) in [6, 6.07) is 8.01. The molecule has 1 aliphatic rings. The summed E-state index contributed by atoms with van der Waals surface area (Å²) in [6.45, 7) is 9.71. The van der Waals surface area contributed by atoms with E-state index in [9.17, 15) is 4.79 Å². The van der Waals surface area contributed by atoms with Crippen molar-refractivity contribution in [3.8, 4) is 5.75 Å². The number of nitrogens with one attached hydrogen (secondary N) is 1. The van der Waals surface area contributed by atoms with Gasteiger partial charge in [-0.25, -0.2) is 0 Å². The Labute approximate surface area is 161 Å². The minimum atomic E-state index is -0.0500. The van der Waals surface area contributed by atoms with E-state index < -0.39 is 0 Å². The Balaban J connectivity index is 2.00. The van der Waals surface area contributed by atoms with Crippen LogP contribution in [-0.4, -0.2) is 35.8 Å². The summed E-state index contributed by atoms with van der Waals surface area (Å²) in [6.07, 6.45) is 6.07. The van der Waals surface area contributed by atoms with E-state index in [0.717, 1.165) is 42.5 Å². The van der Waals surface area contributed by atoms with Gasteiger partial charge in [0, 0.05) is 24.6 Å². The van der Waals surface area contributed by atoms with Crippen molar-refractivity contribution in [1.82, 2.24) is 9.88 Å². The highest BCUT2D eigenvalue weighted by Crippen LogP contribution is 2.30. The van der Waals surface area contributed by atoms with Crippen LogP contribution in [0.3, 0.4) is 0 Å². The van der Waals surface area contributed by atoms with Crippen LogP contribution in [-0.2, 0) is 11.3 Å². The number of amides is 1. The lowest BCUT2D eigenvalue weighted by molar-refractivity contribution is 0.00636. The Morgan fingerprint density at radius 1 is 1.48 bits per heavy atom. The van der Waals surface area contributed by atoms with Gasteiger partial charge in [0.2, 0.25) is 0 Å². The fraction of sp³-hybridized carbons (Fsp3) is 0.500. The van der Waals surface area contributed by atoms with E-state index in [1.165, 1.54) is 6.42 Å². The molecule has 1 saturated heterocycles. The standard InChI is InChI=1S/C22H30N2O3/c1-4-12-27-21-11-8-10-19-18(21)14-20(22(25)23-16(3)5-2)24(19)15-17-9-6-7-13-26-17/h4,8,10-11,14,16-17H,1,5-7,9,12-13,15H2,2-3H3,(H,23,25)/t16-,17+/m0/s1. The van der Waals surface area contributed by atoms with Crippen LogP contribution >= 0.6 is 0 Å². The summed E-state index contributed by atoms with van der Waals surface area (Å²) < 4.78 is 13.8. The molecule has 0 saturated carbocycles. The fourth-order valence-electron chi connectivity index (χ4n) is 3.47. The van der Waals surface area contributed by atoms with Crippen LogP contribution in [0.1, 0.15) is 50.0 Å². The molecule has 0 radical (unpaired) electrons. The average molecular weight is 370 g/mol. The normalized spacial score (nSPS) is 18.2. The second kappa shape index (κ2) is 9.09. The molecule has 1 fully saturated rings. The van der Waals surface area contributed by atoms with Gasteiger partial charge in [0.25, 0.3) is 5.91 Å². The molecule has 2 aromatic rings. The minimum Gasteiger partial charge on any atom is -0.489 e. The average Bonchev–Trinajstić information content (AvgIpc) is 3.06. The van der Waals surface area contributed by atoms with E-state index in [-0.39, 0.29) is 18.1 Å². The van der Waals surface area contributed by atoms with Crippen LogP contribution < -0.4 is 10.1 Å². The van der Waals surface area contributed by atoms with Gasteiger partial charge >= 0.3 is 0 Å². The van der Waals surface area contributed by atoms with Crippen LogP contribution in [0, 0.1) is 0 Å². The van der Waals surface area contributed by atoms with Crippen molar-refractivity contribution in [2.24, 2.45) is 0 Å². The van der Waals surface area contributed by atoms with Crippen molar-refractivity contribution in [1.29, 1.82) is 0 Å². The number of ether oxygens (including phenoxy) is 2. The summed E-state index contributed by atoms with van der Waals surface area (Å²) in [5.74, 6) is 0.722. The van der Waals surface area contributed by atoms with Crippen molar-refractivity contribution in [3.63, 3.8) is 0 Å². The number of rotatable bonds is 8. The van der Waals surface area contributed by atoms with Gasteiger partial charge < -0.3 is 19.4 Å². The largest absolute Gasteiger partial charge is 0.489 e. The quantitative estimate of drug-likeness (QED) is 0.705. The molecule has 0 unspecified atom stereocenters. The van der Waals surface area contributed by atoms with Crippen LogP contribution in [0.25, 0.3) is 10.9 Å². The predicted octanol–water partition coefficient (Wildman–Crippen LogP) is 4.30. The lowest BCUT2D eigenvalue weighted by atomic mass is 10.1. The molecule has 1 amide bonds. The molecule has 2 atom stereocenters. The van der Waals surface area contributed by atoms with E-state index in [2.05, 4.69) is 23.4 Å². The molecule has 1 aliphatic heterocycles. The number of fused-ring (bicyclic) bond motifs is 1. The number of hydrogen-bond donors (Lipinski definition) is 1. The highest BCUT2D eigenvalue weighted by atomic mass is 16.5. The van der Waals surface area contributed by atoms with E-state index >= 15 is 0 Å². The molecule has 5 nitrogen and oxygen atoms in total. The monoisotopic (exact) mass is 370 g/mol. The summed E-state index contributed by atoms with van der Waals surface area (Å²) in [5, 5.41) is 4.04. The second-order valence-electron chi connectivity index (χ2n) is 7.20. The Morgan fingerprint density at radius 2 is 2.33 bits per heavy atom. The summed E-state index contributed by atoms with van der Waals surface area (Å²) in [5.41, 5.74) is 1.66. The summed E-state index contributed by atoms with van der Waals surface area (Å²) in [4.78, 5) is 12.9. The maximum Gasteiger partial charge on any atom is 0.268 e. The third kappa shape index (κ3) is 4.53. The van der Waals surface area contributed by atoms with Crippen LogP contribution in [0.15, 0.2) is 36.9 Å². The first-order valence-corrected chi connectivity index (χ1v) is 9.92. The zero-order valence-corrected chi connectivity index (χ0v) is 16.4. The van der Waals surface area contributed by atoms with Gasteiger partial charge in [-0.3, -0.25) is 4.79 Å². The molecule has 146 valence electrons. The summed E-state index contributed by atoms with van der Waals surface area (Å²) >= 11 is 0. The van der Waals surface area contributed by atoms with Gasteiger partial charge in [-0.05, 0) is 50.8 Å². The van der Waals surface area contributed by atoms with Crippen molar-refractivity contribution >= 4 is 16.8 Å². The van der Waals surface area contributed by atoms with Gasteiger partial charge in [-0.1, -0.05) is 25.6 Å². The Hall–Kier alpha value is -2.27. The van der Waals surface area contributed by atoms with Crippen LogP contribution in [0.5, 0.6) is 5.75 Å². The number of carbonyl (C=O) groups excluding carboxylic acids is 1. The Morgan fingerprint density at radius 3 is 3.04 bits per heavy atom. The minimum absolute atomic E-state index is 0.0500. The molecular weight excluding hydrogens is 340 g/mol. The van der Waals surface area contributed by atoms with Gasteiger partial charge in [0.05, 0.1) is 11.6 Å². The molecule has 2 heterocycles. The maximum absolute atomic E-state index is 12.9. The number of aromatic nitrogens is 1. The van der Waals surface area contributed by atoms with Crippen molar-refractivity contribution in [2.75, 3.05) is 13.2 Å². The lowest BCUT2D eigenvalue weighted by Crippen LogP contribution is -2.34. The van der Waals surface area contributed by atoms with Crippen LogP contribution in [0.2, 0.25) is 0 Å². The Kier molecular flexibility index (Phi) is 6.56. The molecule has 1 aromatic carbocycles. The van der Waals surface area contributed by atoms with E-state index in [1.807, 2.05) is 31.2 Å². The molecular formula is C22H30N2O3. The Bertz CT molecular complexity index is 790. The second-order valence-corrected chi connectivity index (χ2v) is 7.20. The van der Waals surface area contributed by atoms with Crippen molar-refractivity contribution in [2.45, 2.75) is 58.2 Å². The molecule has 5 heteroatoms. The molecule has 1 N–H and O–H groups in total. The van der Waals surface area contributed by atoms with Gasteiger partial charge in [0.15, 0.2) is 0 Å². The fourth-order valence-corrected chi connectivity index (χ4v) is 3.47. The molecule has 0 aliphatic carbocycles. The first-order chi connectivity index (χ1) is 13.1. The summed E-state index contributed by atoms with van der Waals surface area (Å²) in [7, 11) is 0. The van der Waals surface area contributed by atoms with E-state index in [1.54, 1.807) is 6.08 Å². The number of carbonyl (C=O) groups is 1. The maximum atomic E-state index is 12.9. The lowest BCUT2D eigenvalue weighted by Gasteiger charge is -2.24. The van der Waals surface area contributed by atoms with E-state index in [4.69, 9.17) is 9.47 Å². The van der Waals surface area contributed by atoms with Gasteiger partial charge in [-0.15, -0.1) is 0 Å². The topological polar surface area (TPSA) is 52.5 Å². The zero-order valence-electron chi connectivity index (χ0n) is 16.4. The van der Waals surface area contributed by atoms with Crippen molar-refractivity contribution in [3.05, 3.63) is 42.6 Å². The smallest absolute Gasteiger partial charge is 0.268 e. The highest BCUT2D eigenvalue weighted by Gasteiger charge is 2.22. The molecule has 0 spiro atoms. The molecule has 27 heavy (non-hydrogen) atoms. The third-order valence-electron chi connectivity index (χ3n) is 5.15. The first kappa shape index (κ1) is 19.5. The van der Waals surface area contributed by atoms with Gasteiger partial charge in [0.1, 0.15) is 18.1 Å². The number of nitrogens with zero attached hydrogens (tertiary/aromatic N) is 1. The molecule has 1 aromatic heterocycles. The first-order valence-electron chi connectivity index (χ1n) is 9.92. The van der Waals surface area contributed by atoms with Crippen LogP contribution in [0.4, 0.5) is 0 Å². The molecule has 3 rings (SSSR count). The predicted molar refractivity (Wildman–Crippen MR) is 108 cm³/mol. The highest BCUT2D eigenvalue weighted by molar-refractivity contribution is 6.00. The van der Waals surface area contributed by atoms with Gasteiger partial charge in [-0.2, -0.15) is 0 Å². The van der Waals surface area contributed by atoms with E-state index in [0.29, 0.717) is 18.8 Å². The zero-order chi connectivity index (χ0) is 19.2. The number of benzene rings is 1. The molecule has 0 bridgehead atoms.